The molecule has 3 N–H and O–H groups in total. The van der Waals surface area contributed by atoms with Gasteiger partial charge in [-0.15, -0.1) is 11.3 Å². The van der Waals surface area contributed by atoms with Crippen molar-refractivity contribution in [2.75, 3.05) is 33.4 Å². The Morgan fingerprint density at radius 1 is 1.57 bits per heavy atom. The van der Waals surface area contributed by atoms with Gasteiger partial charge in [-0.25, -0.2) is 17.9 Å². The molecule has 0 bridgehead atoms. The van der Waals surface area contributed by atoms with Crippen LogP contribution in [0.1, 0.15) is 24.9 Å². The Labute approximate surface area is 134 Å². The molecule has 1 aromatic rings. The van der Waals surface area contributed by atoms with Gasteiger partial charge in [0.15, 0.2) is 0 Å². The number of rotatable bonds is 7. The van der Waals surface area contributed by atoms with Crippen LogP contribution in [0.2, 0.25) is 0 Å². The Hall–Kier alpha value is -0.160. The molecule has 0 aromatic carbocycles. The second-order valence-electron chi connectivity index (χ2n) is 4.83. The SMILES string of the molecule is CCCNC1CN(CCOC)Sc2sc(S(N)(=O)=O)cc21. The number of sulfonamides is 1. The van der Waals surface area contributed by atoms with E-state index in [4.69, 9.17) is 9.88 Å². The normalized spacial score (nSPS) is 19.7. The third-order valence-corrected chi connectivity index (χ3v) is 6.97. The molecule has 0 amide bonds. The van der Waals surface area contributed by atoms with Crippen LogP contribution in [0.3, 0.4) is 0 Å². The third-order valence-electron chi connectivity index (χ3n) is 3.14. The zero-order valence-electron chi connectivity index (χ0n) is 12.2. The number of nitrogens with two attached hydrogens (primary N) is 1. The average Bonchev–Trinajstić information content (AvgIpc) is 2.86. The van der Waals surface area contributed by atoms with Gasteiger partial charge in [0.2, 0.25) is 10.0 Å². The number of nitrogens with one attached hydrogen (secondary N) is 1. The van der Waals surface area contributed by atoms with E-state index < -0.39 is 10.0 Å². The van der Waals surface area contributed by atoms with Gasteiger partial charge in [0, 0.05) is 26.2 Å². The molecule has 6 nitrogen and oxygen atoms in total. The zero-order valence-corrected chi connectivity index (χ0v) is 14.6. The predicted octanol–water partition coefficient (Wildman–Crippen LogP) is 1.41. The standard InChI is InChI=1S/C12H21N3O3S3/c1-3-4-14-10-8-15(5-6-18-2)20-12-9(10)7-11(19-12)21(13,16)17/h7,10,14H,3-6,8H2,1-2H3,(H2,13,16,17). The van der Waals surface area contributed by atoms with E-state index in [0.717, 1.165) is 35.8 Å². The van der Waals surface area contributed by atoms with Gasteiger partial charge in [0.05, 0.1) is 10.8 Å². The second-order valence-corrected chi connectivity index (χ2v) is 9.04. The summed E-state index contributed by atoms with van der Waals surface area (Å²) in [6, 6.07) is 1.84. The molecule has 9 heteroatoms. The van der Waals surface area contributed by atoms with Gasteiger partial charge in [-0.3, -0.25) is 0 Å². The third kappa shape index (κ3) is 4.41. The van der Waals surface area contributed by atoms with Crippen molar-refractivity contribution in [3.8, 4) is 0 Å². The first-order chi connectivity index (χ1) is 9.95. The lowest BCUT2D eigenvalue weighted by atomic mass is 10.1. The van der Waals surface area contributed by atoms with Crippen molar-refractivity contribution in [3.05, 3.63) is 11.6 Å². The van der Waals surface area contributed by atoms with E-state index >= 15 is 0 Å². The Bertz CT molecular complexity index is 574. The number of primary sulfonamides is 1. The molecular formula is C12H21N3O3S3. The van der Waals surface area contributed by atoms with Gasteiger partial charge >= 0.3 is 0 Å². The number of ether oxygens (including phenoxy) is 1. The molecule has 1 aliphatic heterocycles. The van der Waals surface area contributed by atoms with Gasteiger partial charge in [-0.05, 0) is 36.5 Å². The van der Waals surface area contributed by atoms with Gasteiger partial charge in [0.25, 0.3) is 0 Å². The fraction of sp³-hybridized carbons (Fsp3) is 0.667. The highest BCUT2D eigenvalue weighted by atomic mass is 32.3. The quantitative estimate of drug-likeness (QED) is 0.723. The van der Waals surface area contributed by atoms with Crippen LogP contribution in [-0.2, 0) is 14.8 Å². The van der Waals surface area contributed by atoms with Crippen LogP contribution < -0.4 is 10.5 Å². The smallest absolute Gasteiger partial charge is 0.247 e. The Morgan fingerprint density at radius 3 is 2.95 bits per heavy atom. The summed E-state index contributed by atoms with van der Waals surface area (Å²) in [5, 5.41) is 8.72. The van der Waals surface area contributed by atoms with E-state index in [9.17, 15) is 8.42 Å². The first kappa shape index (κ1) is 17.2. The minimum absolute atomic E-state index is 0.129. The van der Waals surface area contributed by atoms with E-state index in [1.54, 1.807) is 25.1 Å². The lowest BCUT2D eigenvalue weighted by Crippen LogP contribution is -2.36. The van der Waals surface area contributed by atoms with Crippen molar-refractivity contribution in [1.29, 1.82) is 0 Å². The molecule has 0 spiro atoms. The van der Waals surface area contributed by atoms with Crippen molar-refractivity contribution < 1.29 is 13.2 Å². The van der Waals surface area contributed by atoms with Crippen molar-refractivity contribution in [2.45, 2.75) is 27.8 Å². The summed E-state index contributed by atoms with van der Waals surface area (Å²) < 4.78 is 31.6. The Balaban J connectivity index is 2.24. The first-order valence-electron chi connectivity index (χ1n) is 6.77. The van der Waals surface area contributed by atoms with E-state index in [-0.39, 0.29) is 10.3 Å². The van der Waals surface area contributed by atoms with Crippen molar-refractivity contribution in [2.24, 2.45) is 5.14 Å². The zero-order chi connectivity index (χ0) is 15.5. The molecule has 0 saturated heterocycles. The van der Waals surface area contributed by atoms with Crippen molar-refractivity contribution in [3.63, 3.8) is 0 Å². The fourth-order valence-corrected chi connectivity index (χ4v) is 5.62. The molecule has 0 aliphatic carbocycles. The molecule has 21 heavy (non-hydrogen) atoms. The molecule has 1 unspecified atom stereocenters. The maximum Gasteiger partial charge on any atom is 0.247 e. The number of hydrogen-bond donors (Lipinski definition) is 2. The van der Waals surface area contributed by atoms with Crippen LogP contribution in [0, 0.1) is 0 Å². The Morgan fingerprint density at radius 2 is 2.33 bits per heavy atom. The minimum Gasteiger partial charge on any atom is -0.383 e. The molecule has 120 valence electrons. The summed E-state index contributed by atoms with van der Waals surface area (Å²) in [5.41, 5.74) is 1.04. The van der Waals surface area contributed by atoms with Crippen LogP contribution in [0.4, 0.5) is 0 Å². The van der Waals surface area contributed by atoms with Crippen molar-refractivity contribution >= 4 is 33.3 Å². The lowest BCUT2D eigenvalue weighted by Gasteiger charge is -2.31. The fourth-order valence-electron chi connectivity index (χ4n) is 2.10. The van der Waals surface area contributed by atoms with Gasteiger partial charge < -0.3 is 10.1 Å². The highest BCUT2D eigenvalue weighted by Crippen LogP contribution is 2.43. The topological polar surface area (TPSA) is 84.7 Å². The maximum absolute atomic E-state index is 11.5. The number of nitrogens with zero attached hydrogens (tertiary/aromatic N) is 1. The Kier molecular flexibility index (Phi) is 6.06. The molecule has 0 radical (unpaired) electrons. The molecule has 1 atom stereocenters. The molecule has 2 rings (SSSR count). The average molecular weight is 352 g/mol. The number of methoxy groups -OCH3 is 1. The van der Waals surface area contributed by atoms with Crippen LogP contribution in [0.15, 0.2) is 14.5 Å². The summed E-state index contributed by atoms with van der Waals surface area (Å²) in [5.74, 6) is 0. The van der Waals surface area contributed by atoms with Gasteiger partial charge in [-0.1, -0.05) is 6.92 Å². The lowest BCUT2D eigenvalue weighted by molar-refractivity contribution is 0.178. The highest BCUT2D eigenvalue weighted by molar-refractivity contribution is 7.99. The largest absolute Gasteiger partial charge is 0.383 e. The number of fused-ring (bicyclic) bond motifs is 1. The van der Waals surface area contributed by atoms with Crippen molar-refractivity contribution in [1.82, 2.24) is 9.62 Å². The first-order valence-corrected chi connectivity index (χ1v) is 9.91. The highest BCUT2D eigenvalue weighted by Gasteiger charge is 2.30. The van der Waals surface area contributed by atoms with Crippen LogP contribution in [-0.4, -0.2) is 46.1 Å². The van der Waals surface area contributed by atoms with E-state index in [0.29, 0.717) is 6.61 Å². The summed E-state index contributed by atoms with van der Waals surface area (Å²) >= 11 is 2.83. The molecule has 2 heterocycles. The molecule has 0 saturated carbocycles. The van der Waals surface area contributed by atoms with Crippen LogP contribution >= 0.6 is 23.3 Å². The van der Waals surface area contributed by atoms with E-state index in [2.05, 4.69) is 16.5 Å². The summed E-state index contributed by atoms with van der Waals surface area (Å²) in [4.78, 5) is 0. The van der Waals surface area contributed by atoms with Gasteiger partial charge in [-0.2, -0.15) is 0 Å². The van der Waals surface area contributed by atoms with Crippen LogP contribution in [0.25, 0.3) is 0 Å². The summed E-state index contributed by atoms with van der Waals surface area (Å²) in [6.07, 6.45) is 1.03. The number of hydrogen-bond acceptors (Lipinski definition) is 7. The second kappa shape index (κ2) is 7.40. The molecule has 0 fully saturated rings. The van der Waals surface area contributed by atoms with E-state index in [1.807, 2.05) is 0 Å². The molecule has 1 aromatic heterocycles. The molecule has 1 aliphatic rings. The van der Waals surface area contributed by atoms with Crippen LogP contribution in [0.5, 0.6) is 0 Å². The monoisotopic (exact) mass is 351 g/mol. The van der Waals surface area contributed by atoms with Gasteiger partial charge in [0.1, 0.15) is 4.21 Å². The summed E-state index contributed by atoms with van der Waals surface area (Å²) in [6.45, 7) is 5.27. The van der Waals surface area contributed by atoms with E-state index in [1.165, 1.54) is 11.3 Å². The predicted molar refractivity (Wildman–Crippen MR) is 86.0 cm³/mol. The maximum atomic E-state index is 11.5. The summed E-state index contributed by atoms with van der Waals surface area (Å²) in [7, 11) is -1.96. The molecular weight excluding hydrogens is 330 g/mol. The minimum atomic E-state index is -3.64. The number of thiophene rings is 1.